The average Bonchev–Trinajstić information content (AvgIpc) is 3.31. The Balaban J connectivity index is 1.52. The van der Waals surface area contributed by atoms with Crippen LogP contribution < -0.4 is 5.43 Å². The van der Waals surface area contributed by atoms with Gasteiger partial charge < -0.3 is 5.11 Å². The molecule has 1 aromatic heterocycles. The van der Waals surface area contributed by atoms with Gasteiger partial charge in [0.1, 0.15) is 5.75 Å². The molecule has 4 aromatic rings. The summed E-state index contributed by atoms with van der Waals surface area (Å²) >= 11 is 7.37. The standard InChI is InChI=1S/C32H36ClN5O2S/c1-20-8-14-24(15-9-20)38-29(22-10-12-23(33)13-11-22)36-37-30(38)41-19-27(39)35-34-18-21-16-25(31(2,3)4)28(40)26(17-21)32(5,6)7/h8-18,40H,19H2,1-7H3,(H,35,39). The molecule has 1 amide bonds. The van der Waals surface area contributed by atoms with Crippen LogP contribution in [0.2, 0.25) is 5.02 Å². The zero-order valence-corrected chi connectivity index (χ0v) is 26.1. The number of aryl methyl sites for hydroxylation is 1. The fourth-order valence-corrected chi connectivity index (χ4v) is 5.16. The highest BCUT2D eigenvalue weighted by molar-refractivity contribution is 7.99. The van der Waals surface area contributed by atoms with Gasteiger partial charge in [0.2, 0.25) is 0 Å². The van der Waals surface area contributed by atoms with Gasteiger partial charge in [-0.2, -0.15) is 5.10 Å². The second-order valence-electron chi connectivity index (χ2n) is 12.0. The summed E-state index contributed by atoms with van der Waals surface area (Å²) in [5.74, 6) is 0.780. The van der Waals surface area contributed by atoms with Crippen LogP contribution in [0.3, 0.4) is 0 Å². The smallest absolute Gasteiger partial charge is 0.250 e. The molecule has 0 unspecified atom stereocenters. The Morgan fingerprint density at radius 2 is 1.56 bits per heavy atom. The third-order valence-electron chi connectivity index (χ3n) is 6.51. The van der Waals surface area contributed by atoms with E-state index in [0.717, 1.165) is 33.5 Å². The van der Waals surface area contributed by atoms with E-state index in [9.17, 15) is 9.90 Å². The lowest BCUT2D eigenvalue weighted by Gasteiger charge is -2.27. The number of halogens is 1. The quantitative estimate of drug-likeness (QED) is 0.133. The summed E-state index contributed by atoms with van der Waals surface area (Å²) in [5.41, 5.74) is 7.47. The van der Waals surface area contributed by atoms with Crippen molar-refractivity contribution in [3.8, 4) is 22.8 Å². The number of carbonyl (C=O) groups is 1. The summed E-state index contributed by atoms with van der Waals surface area (Å²) in [7, 11) is 0. The predicted octanol–water partition coefficient (Wildman–Crippen LogP) is 7.44. The number of benzene rings is 3. The van der Waals surface area contributed by atoms with Gasteiger partial charge in [-0.05, 0) is 71.8 Å². The molecule has 0 fully saturated rings. The summed E-state index contributed by atoms with van der Waals surface area (Å²) in [4.78, 5) is 12.8. The highest BCUT2D eigenvalue weighted by atomic mass is 35.5. The lowest BCUT2D eigenvalue weighted by molar-refractivity contribution is -0.118. The van der Waals surface area contributed by atoms with Crippen molar-refractivity contribution in [1.29, 1.82) is 0 Å². The van der Waals surface area contributed by atoms with Crippen molar-refractivity contribution in [2.75, 3.05) is 5.75 Å². The van der Waals surface area contributed by atoms with E-state index in [0.29, 0.717) is 21.8 Å². The third kappa shape index (κ3) is 7.37. The number of thioether (sulfide) groups is 1. The number of hydrogen-bond donors (Lipinski definition) is 2. The van der Waals surface area contributed by atoms with Crippen molar-refractivity contribution in [2.24, 2.45) is 5.10 Å². The molecule has 0 saturated carbocycles. The molecule has 1 heterocycles. The van der Waals surface area contributed by atoms with Gasteiger partial charge in [-0.1, -0.05) is 82.6 Å². The van der Waals surface area contributed by atoms with Crippen LogP contribution in [0.1, 0.15) is 63.8 Å². The molecule has 0 bridgehead atoms. The number of phenolic OH excluding ortho intramolecular Hbond substituents is 1. The summed E-state index contributed by atoms with van der Waals surface area (Å²) in [6, 6.07) is 19.3. The molecule has 7 nitrogen and oxygen atoms in total. The Labute approximate surface area is 251 Å². The van der Waals surface area contributed by atoms with Gasteiger partial charge >= 0.3 is 0 Å². The molecule has 9 heteroatoms. The summed E-state index contributed by atoms with van der Waals surface area (Å²) in [5, 5.41) is 25.2. The lowest BCUT2D eigenvalue weighted by Crippen LogP contribution is -2.20. The maximum absolute atomic E-state index is 12.8. The van der Waals surface area contributed by atoms with E-state index >= 15 is 0 Å². The SMILES string of the molecule is Cc1ccc(-n2c(SCC(=O)NN=Cc3cc(C(C)(C)C)c(O)c(C(C)(C)C)c3)nnc2-c2ccc(Cl)cc2)cc1. The molecule has 3 aromatic carbocycles. The first-order valence-corrected chi connectivity index (χ1v) is 14.7. The molecular weight excluding hydrogens is 554 g/mol. The van der Waals surface area contributed by atoms with E-state index in [1.807, 2.05) is 72.2 Å². The van der Waals surface area contributed by atoms with E-state index in [4.69, 9.17) is 11.6 Å². The van der Waals surface area contributed by atoms with Crippen LogP contribution in [0.15, 0.2) is 70.9 Å². The zero-order chi connectivity index (χ0) is 29.9. The molecule has 0 spiro atoms. The van der Waals surface area contributed by atoms with Crippen LogP contribution in [0.25, 0.3) is 17.1 Å². The number of nitrogens with zero attached hydrogens (tertiary/aromatic N) is 4. The molecule has 4 rings (SSSR count). The minimum Gasteiger partial charge on any atom is -0.507 e. The first kappa shape index (κ1) is 30.3. The largest absolute Gasteiger partial charge is 0.507 e. The van der Waals surface area contributed by atoms with E-state index in [2.05, 4.69) is 62.3 Å². The minimum absolute atomic E-state index is 0.0953. The zero-order valence-electron chi connectivity index (χ0n) is 24.5. The van der Waals surface area contributed by atoms with Gasteiger partial charge in [0.25, 0.3) is 5.91 Å². The molecule has 41 heavy (non-hydrogen) atoms. The first-order chi connectivity index (χ1) is 19.2. The van der Waals surface area contributed by atoms with Gasteiger partial charge in [0, 0.05) is 27.4 Å². The van der Waals surface area contributed by atoms with Gasteiger partial charge in [0.05, 0.1) is 12.0 Å². The molecule has 0 aliphatic heterocycles. The lowest BCUT2D eigenvalue weighted by atomic mass is 9.78. The van der Waals surface area contributed by atoms with Gasteiger partial charge in [-0.3, -0.25) is 9.36 Å². The third-order valence-corrected chi connectivity index (χ3v) is 7.69. The number of hydrazone groups is 1. The molecule has 0 saturated heterocycles. The average molecular weight is 590 g/mol. The first-order valence-electron chi connectivity index (χ1n) is 13.3. The molecular formula is C32H36ClN5O2S. The summed E-state index contributed by atoms with van der Waals surface area (Å²) in [6.07, 6.45) is 1.61. The Morgan fingerprint density at radius 3 is 2.12 bits per heavy atom. The maximum atomic E-state index is 12.8. The van der Waals surface area contributed by atoms with Crippen LogP contribution in [0.4, 0.5) is 0 Å². The predicted molar refractivity (Wildman–Crippen MR) is 169 cm³/mol. The van der Waals surface area contributed by atoms with E-state index < -0.39 is 0 Å². The van der Waals surface area contributed by atoms with E-state index in [1.165, 1.54) is 11.8 Å². The fourth-order valence-electron chi connectivity index (χ4n) is 4.29. The Hall–Kier alpha value is -3.62. The number of nitrogens with one attached hydrogen (secondary N) is 1. The van der Waals surface area contributed by atoms with Crippen molar-refractivity contribution in [2.45, 2.75) is 64.5 Å². The van der Waals surface area contributed by atoms with Crippen molar-refractivity contribution in [3.63, 3.8) is 0 Å². The molecule has 0 aliphatic rings. The molecule has 0 radical (unpaired) electrons. The van der Waals surface area contributed by atoms with Crippen molar-refractivity contribution < 1.29 is 9.90 Å². The highest BCUT2D eigenvalue weighted by Crippen LogP contribution is 2.39. The Morgan fingerprint density at radius 1 is 0.976 bits per heavy atom. The number of hydrogen-bond acceptors (Lipinski definition) is 6. The van der Waals surface area contributed by atoms with Crippen LogP contribution in [-0.2, 0) is 15.6 Å². The minimum atomic E-state index is -0.274. The van der Waals surface area contributed by atoms with Crippen LogP contribution >= 0.6 is 23.4 Å². The van der Waals surface area contributed by atoms with Crippen LogP contribution in [-0.4, -0.2) is 37.7 Å². The molecule has 0 aliphatic carbocycles. The Bertz CT molecular complexity index is 1530. The van der Waals surface area contributed by atoms with Crippen molar-refractivity contribution in [1.82, 2.24) is 20.2 Å². The number of carbonyl (C=O) groups excluding carboxylic acids is 1. The monoisotopic (exact) mass is 589 g/mol. The maximum Gasteiger partial charge on any atom is 0.250 e. The topological polar surface area (TPSA) is 92.4 Å². The van der Waals surface area contributed by atoms with E-state index in [-0.39, 0.29) is 22.5 Å². The number of phenols is 1. The summed E-state index contributed by atoms with van der Waals surface area (Å²) in [6.45, 7) is 14.4. The summed E-state index contributed by atoms with van der Waals surface area (Å²) < 4.78 is 1.93. The van der Waals surface area contributed by atoms with Gasteiger partial charge in [0.15, 0.2) is 11.0 Å². The van der Waals surface area contributed by atoms with Gasteiger partial charge in [-0.25, -0.2) is 5.43 Å². The highest BCUT2D eigenvalue weighted by Gasteiger charge is 2.26. The molecule has 2 N–H and O–H groups in total. The number of rotatable bonds is 7. The van der Waals surface area contributed by atoms with Crippen LogP contribution in [0, 0.1) is 6.92 Å². The van der Waals surface area contributed by atoms with E-state index in [1.54, 1.807) is 6.21 Å². The number of aromatic nitrogens is 3. The normalized spacial score (nSPS) is 12.2. The second-order valence-corrected chi connectivity index (χ2v) is 13.4. The second kappa shape index (κ2) is 12.1. The van der Waals surface area contributed by atoms with Crippen molar-refractivity contribution in [3.05, 3.63) is 87.9 Å². The molecule has 0 atom stereocenters. The number of aromatic hydroxyl groups is 1. The van der Waals surface area contributed by atoms with Gasteiger partial charge in [-0.15, -0.1) is 10.2 Å². The van der Waals surface area contributed by atoms with Crippen LogP contribution in [0.5, 0.6) is 5.75 Å². The number of amides is 1. The van der Waals surface area contributed by atoms with Crippen molar-refractivity contribution >= 4 is 35.5 Å². The molecule has 214 valence electrons. The Kier molecular flexibility index (Phi) is 8.94. The fraction of sp³-hybridized carbons (Fsp3) is 0.312.